The van der Waals surface area contributed by atoms with Gasteiger partial charge in [-0.3, -0.25) is 0 Å². The maximum Gasteiger partial charge on any atom is 0.253 e. The second kappa shape index (κ2) is 1.82. The molecular weight excluding hydrogens is 100 g/mol. The molecule has 0 unspecified atom stereocenters. The van der Waals surface area contributed by atoms with Crippen molar-refractivity contribution < 1.29 is 8.37 Å². The van der Waals surface area contributed by atoms with E-state index in [1.807, 2.05) is 6.92 Å². The lowest BCUT2D eigenvalue weighted by Crippen LogP contribution is -2.07. The Hall–Kier alpha value is 0.270. The number of rotatable bonds is 1. The number of hydrogen-bond donors (Lipinski definition) is 0. The van der Waals surface area contributed by atoms with Crippen LogP contribution in [0, 0.1) is 6.29 Å². The largest absolute Gasteiger partial charge is 0.253 e. The summed E-state index contributed by atoms with van der Waals surface area (Å²) in [6.45, 7) is 1.98. The molecule has 1 aliphatic rings. The number of hydrogen-bond acceptors (Lipinski definition) is 3. The lowest BCUT2D eigenvalue weighted by atomic mass is 10.5. The summed E-state index contributed by atoms with van der Waals surface area (Å²) in [5.74, 6) is 0. The monoisotopic (exact) mass is 105 g/mol. The molecule has 1 fully saturated rings. The van der Waals surface area contributed by atoms with Crippen molar-refractivity contribution in [2.45, 2.75) is 13.3 Å². The van der Waals surface area contributed by atoms with Crippen LogP contribution < -0.4 is 0 Å². The fourth-order valence-electron chi connectivity index (χ4n) is 0.200. The SMILES string of the molecule is CC[C]1OSO1. The van der Waals surface area contributed by atoms with E-state index in [9.17, 15) is 0 Å². The van der Waals surface area contributed by atoms with Crippen molar-refractivity contribution >= 4 is 12.3 Å². The highest BCUT2D eigenvalue weighted by atomic mass is 32.2. The van der Waals surface area contributed by atoms with E-state index in [0.717, 1.165) is 25.0 Å². The summed E-state index contributed by atoms with van der Waals surface area (Å²) in [5.41, 5.74) is 0. The van der Waals surface area contributed by atoms with Gasteiger partial charge in [-0.15, -0.1) is 0 Å². The van der Waals surface area contributed by atoms with Crippen LogP contribution in [0.5, 0.6) is 0 Å². The first kappa shape index (κ1) is 4.43. The van der Waals surface area contributed by atoms with Gasteiger partial charge in [0.15, 0.2) is 12.3 Å². The molecule has 0 bridgehead atoms. The van der Waals surface area contributed by atoms with Gasteiger partial charge in [0, 0.05) is 6.42 Å². The van der Waals surface area contributed by atoms with Crippen molar-refractivity contribution in [1.29, 1.82) is 0 Å². The molecule has 1 saturated heterocycles. The predicted molar refractivity (Wildman–Crippen MR) is 23.3 cm³/mol. The molecule has 0 saturated carbocycles. The van der Waals surface area contributed by atoms with Gasteiger partial charge in [0.1, 0.15) is 0 Å². The van der Waals surface area contributed by atoms with Gasteiger partial charge in [-0.05, 0) is 0 Å². The van der Waals surface area contributed by atoms with Gasteiger partial charge in [-0.1, -0.05) is 6.92 Å². The van der Waals surface area contributed by atoms with E-state index < -0.39 is 0 Å². The van der Waals surface area contributed by atoms with E-state index in [4.69, 9.17) is 8.37 Å². The van der Waals surface area contributed by atoms with Gasteiger partial charge >= 0.3 is 0 Å². The van der Waals surface area contributed by atoms with Crippen LogP contribution in [-0.2, 0) is 8.37 Å². The molecule has 0 aliphatic carbocycles. The summed E-state index contributed by atoms with van der Waals surface area (Å²) < 4.78 is 9.38. The zero-order chi connectivity index (χ0) is 4.41. The van der Waals surface area contributed by atoms with Gasteiger partial charge in [-0.2, -0.15) is 0 Å². The lowest BCUT2D eigenvalue weighted by molar-refractivity contribution is 0.0729. The van der Waals surface area contributed by atoms with Crippen molar-refractivity contribution in [3.8, 4) is 0 Å². The summed E-state index contributed by atoms with van der Waals surface area (Å²) in [7, 11) is 0. The average molecular weight is 105 g/mol. The molecule has 0 aromatic rings. The molecule has 2 nitrogen and oxygen atoms in total. The molecule has 0 aromatic heterocycles. The van der Waals surface area contributed by atoms with Gasteiger partial charge in [0.25, 0.3) is 6.29 Å². The minimum Gasteiger partial charge on any atom is -0.249 e. The maximum atomic E-state index is 4.69. The van der Waals surface area contributed by atoms with Crippen LogP contribution in [0.15, 0.2) is 0 Å². The standard InChI is InChI=1S/C3H5O2S/c1-2-3-4-6-5-3/h2H2,1H3. The highest BCUT2D eigenvalue weighted by Gasteiger charge is 2.20. The van der Waals surface area contributed by atoms with Crippen molar-refractivity contribution in [1.82, 2.24) is 0 Å². The normalized spacial score (nSPS) is 23.5. The molecule has 6 heavy (non-hydrogen) atoms. The van der Waals surface area contributed by atoms with E-state index in [1.165, 1.54) is 0 Å². The Kier molecular flexibility index (Phi) is 1.34. The molecule has 1 radical (unpaired) electrons. The third-order valence-electron chi connectivity index (χ3n) is 0.543. The topological polar surface area (TPSA) is 18.5 Å². The Balaban J connectivity index is 2.01. The van der Waals surface area contributed by atoms with Crippen LogP contribution >= 0.6 is 12.3 Å². The zero-order valence-corrected chi connectivity index (χ0v) is 4.25. The minimum atomic E-state index is 0.736. The summed E-state index contributed by atoms with van der Waals surface area (Å²) in [4.78, 5) is 0. The summed E-state index contributed by atoms with van der Waals surface area (Å²) in [5, 5.41) is 0. The summed E-state index contributed by atoms with van der Waals surface area (Å²) in [6.07, 6.45) is 1.60. The smallest absolute Gasteiger partial charge is 0.249 e. The average Bonchev–Trinajstić information content (AvgIpc) is 1.31. The molecule has 0 amide bonds. The Bertz CT molecular complexity index is 41.3. The molecule has 0 aromatic carbocycles. The summed E-state index contributed by atoms with van der Waals surface area (Å²) in [6, 6.07) is 0. The molecule has 1 heterocycles. The van der Waals surface area contributed by atoms with Crippen LogP contribution in [-0.4, -0.2) is 0 Å². The quantitative estimate of drug-likeness (QED) is 0.471. The zero-order valence-electron chi connectivity index (χ0n) is 3.43. The highest BCUT2D eigenvalue weighted by Crippen LogP contribution is 2.33. The molecular formula is C3H5O2S. The maximum absolute atomic E-state index is 4.69. The van der Waals surface area contributed by atoms with Crippen molar-refractivity contribution in [3.05, 3.63) is 6.29 Å². The Morgan fingerprint density at radius 2 is 2.33 bits per heavy atom. The first-order valence-electron chi connectivity index (χ1n) is 1.80. The van der Waals surface area contributed by atoms with Crippen molar-refractivity contribution in [2.24, 2.45) is 0 Å². The fourth-order valence-corrected chi connectivity index (χ4v) is 0.600. The van der Waals surface area contributed by atoms with Gasteiger partial charge in [0.2, 0.25) is 0 Å². The van der Waals surface area contributed by atoms with Crippen molar-refractivity contribution in [2.75, 3.05) is 0 Å². The molecule has 1 aliphatic heterocycles. The molecule has 1 rings (SSSR count). The van der Waals surface area contributed by atoms with E-state index in [0.29, 0.717) is 0 Å². The Labute approximate surface area is 41.2 Å². The van der Waals surface area contributed by atoms with E-state index in [2.05, 4.69) is 0 Å². The molecule has 3 heteroatoms. The van der Waals surface area contributed by atoms with Gasteiger partial charge in [0.05, 0.1) is 0 Å². The van der Waals surface area contributed by atoms with Crippen LogP contribution in [0.25, 0.3) is 0 Å². The molecule has 0 atom stereocenters. The fraction of sp³-hybridized carbons (Fsp3) is 0.667. The molecule has 35 valence electrons. The second-order valence-corrected chi connectivity index (χ2v) is 1.43. The Morgan fingerprint density at radius 3 is 2.33 bits per heavy atom. The summed E-state index contributed by atoms with van der Waals surface area (Å²) >= 11 is 1.03. The second-order valence-electron chi connectivity index (χ2n) is 0.960. The van der Waals surface area contributed by atoms with Gasteiger partial charge in [-0.25, -0.2) is 8.37 Å². The highest BCUT2D eigenvalue weighted by molar-refractivity contribution is 7.91. The van der Waals surface area contributed by atoms with Crippen LogP contribution in [0.4, 0.5) is 0 Å². The van der Waals surface area contributed by atoms with Crippen LogP contribution in [0.2, 0.25) is 0 Å². The molecule has 0 spiro atoms. The third kappa shape index (κ3) is 0.668. The van der Waals surface area contributed by atoms with E-state index >= 15 is 0 Å². The molecule has 0 N–H and O–H groups in total. The van der Waals surface area contributed by atoms with Crippen molar-refractivity contribution in [3.63, 3.8) is 0 Å². The lowest BCUT2D eigenvalue weighted by Gasteiger charge is -2.18. The predicted octanol–water partition coefficient (Wildman–Crippen LogP) is 1.50. The third-order valence-corrected chi connectivity index (χ3v) is 1.05. The van der Waals surface area contributed by atoms with Crippen LogP contribution in [0.1, 0.15) is 13.3 Å². The minimum absolute atomic E-state index is 0.736. The first-order valence-corrected chi connectivity index (χ1v) is 2.47. The Morgan fingerprint density at radius 1 is 1.67 bits per heavy atom. The van der Waals surface area contributed by atoms with Crippen LogP contribution in [0.3, 0.4) is 0 Å². The van der Waals surface area contributed by atoms with E-state index in [-0.39, 0.29) is 0 Å². The first-order chi connectivity index (χ1) is 2.93. The van der Waals surface area contributed by atoms with Gasteiger partial charge < -0.3 is 0 Å². The van der Waals surface area contributed by atoms with E-state index in [1.54, 1.807) is 0 Å².